The van der Waals surface area contributed by atoms with Gasteiger partial charge in [0.15, 0.2) is 11.6 Å². The lowest BCUT2D eigenvalue weighted by Crippen LogP contribution is -2.25. The van der Waals surface area contributed by atoms with Gasteiger partial charge in [-0.1, -0.05) is 37.6 Å². The Balaban J connectivity index is 1.52. The Labute approximate surface area is 218 Å². The predicted octanol–water partition coefficient (Wildman–Crippen LogP) is 9.12. The number of benzene rings is 3. The zero-order valence-electron chi connectivity index (χ0n) is 20.5. The van der Waals surface area contributed by atoms with Crippen molar-refractivity contribution in [2.24, 2.45) is 0 Å². The van der Waals surface area contributed by atoms with Gasteiger partial charge >= 0.3 is 12.3 Å². The smallest absolute Gasteiger partial charge is 0.426 e. The molecule has 0 spiro atoms. The van der Waals surface area contributed by atoms with Crippen molar-refractivity contribution in [3.05, 3.63) is 88.5 Å². The summed E-state index contributed by atoms with van der Waals surface area (Å²) in [4.78, 5) is 0. The first-order valence-corrected chi connectivity index (χ1v) is 12.1. The highest BCUT2D eigenvalue weighted by atomic mass is 19.4. The lowest BCUT2D eigenvalue weighted by molar-refractivity contribution is -0.185. The van der Waals surface area contributed by atoms with Crippen LogP contribution in [0.3, 0.4) is 0 Å². The summed E-state index contributed by atoms with van der Waals surface area (Å²) in [6.45, 7) is 2.29. The molecule has 1 aliphatic heterocycles. The average molecular weight is 562 g/mol. The van der Waals surface area contributed by atoms with Crippen LogP contribution in [0.1, 0.15) is 55.2 Å². The summed E-state index contributed by atoms with van der Waals surface area (Å²) < 4.78 is 135. The van der Waals surface area contributed by atoms with E-state index in [0.717, 1.165) is 43.5 Å². The first kappa shape index (κ1) is 28.8. The van der Waals surface area contributed by atoms with E-state index in [2.05, 4.69) is 4.74 Å². The van der Waals surface area contributed by atoms with Crippen molar-refractivity contribution >= 4 is 0 Å². The van der Waals surface area contributed by atoms with Crippen molar-refractivity contribution in [2.75, 3.05) is 6.61 Å². The van der Waals surface area contributed by atoms with Crippen LogP contribution in [-0.2, 0) is 17.0 Å². The molecule has 39 heavy (non-hydrogen) atoms. The topological polar surface area (TPSA) is 18.5 Å². The molecule has 3 aromatic rings. The minimum atomic E-state index is -5.38. The second-order valence-electron chi connectivity index (χ2n) is 9.30. The molecule has 0 amide bonds. The van der Waals surface area contributed by atoms with Crippen molar-refractivity contribution in [1.29, 1.82) is 0 Å². The van der Waals surface area contributed by atoms with Crippen LogP contribution in [0.25, 0.3) is 11.1 Å². The molecule has 0 bridgehead atoms. The van der Waals surface area contributed by atoms with Gasteiger partial charge in [-0.3, -0.25) is 0 Å². The molecule has 4 rings (SSSR count). The molecule has 0 radical (unpaired) electrons. The Bertz CT molecular complexity index is 1290. The van der Waals surface area contributed by atoms with Crippen molar-refractivity contribution in [3.63, 3.8) is 0 Å². The van der Waals surface area contributed by atoms with Crippen molar-refractivity contribution < 1.29 is 49.0 Å². The molecule has 0 aromatic heterocycles. The van der Waals surface area contributed by atoms with Gasteiger partial charge < -0.3 is 9.47 Å². The molecule has 0 aliphatic carbocycles. The Hall–Kier alpha value is -3.21. The third-order valence-electron chi connectivity index (χ3n) is 6.61. The number of halogens is 9. The minimum Gasteiger partial charge on any atom is -0.429 e. The van der Waals surface area contributed by atoms with Gasteiger partial charge in [-0.25, -0.2) is 17.6 Å². The summed E-state index contributed by atoms with van der Waals surface area (Å²) >= 11 is 0. The first-order valence-electron chi connectivity index (χ1n) is 12.1. The molecule has 2 atom stereocenters. The molecule has 2 nitrogen and oxygen atoms in total. The summed E-state index contributed by atoms with van der Waals surface area (Å²) in [5, 5.41) is 0. The maximum absolute atomic E-state index is 15.0. The van der Waals surface area contributed by atoms with Gasteiger partial charge in [-0.05, 0) is 42.5 Å². The van der Waals surface area contributed by atoms with Gasteiger partial charge in [0, 0.05) is 23.6 Å². The highest BCUT2D eigenvalue weighted by Crippen LogP contribution is 2.39. The van der Waals surface area contributed by atoms with Crippen LogP contribution >= 0.6 is 0 Å². The maximum Gasteiger partial charge on any atom is 0.426 e. The normalized spacial score (nSPS) is 18.3. The van der Waals surface area contributed by atoms with Crippen molar-refractivity contribution in [3.8, 4) is 16.9 Å². The molecule has 0 saturated carbocycles. The molecular weight excluding hydrogens is 539 g/mol. The van der Waals surface area contributed by atoms with Crippen LogP contribution in [0.4, 0.5) is 39.5 Å². The summed E-state index contributed by atoms with van der Waals surface area (Å²) in [6, 6.07) is 6.53. The maximum atomic E-state index is 15.0. The number of hydrogen-bond donors (Lipinski definition) is 0. The summed E-state index contributed by atoms with van der Waals surface area (Å²) in [5.41, 5.74) is -3.03. The van der Waals surface area contributed by atoms with E-state index in [1.165, 1.54) is 12.1 Å². The van der Waals surface area contributed by atoms with E-state index < -0.39 is 52.4 Å². The van der Waals surface area contributed by atoms with Crippen LogP contribution in [0.2, 0.25) is 0 Å². The van der Waals surface area contributed by atoms with Gasteiger partial charge in [0.1, 0.15) is 22.9 Å². The summed E-state index contributed by atoms with van der Waals surface area (Å²) in [5.74, 6) is -7.95. The Morgan fingerprint density at radius 1 is 0.846 bits per heavy atom. The van der Waals surface area contributed by atoms with Crippen LogP contribution in [0.15, 0.2) is 48.5 Å². The first-order chi connectivity index (χ1) is 18.3. The van der Waals surface area contributed by atoms with E-state index in [1.54, 1.807) is 0 Å². The van der Waals surface area contributed by atoms with Gasteiger partial charge in [0.05, 0.1) is 18.3 Å². The zero-order valence-corrected chi connectivity index (χ0v) is 20.5. The molecule has 210 valence electrons. The summed E-state index contributed by atoms with van der Waals surface area (Å²) in [7, 11) is 0. The molecule has 2 unspecified atom stereocenters. The number of ether oxygens (including phenoxy) is 2. The Morgan fingerprint density at radius 2 is 1.49 bits per heavy atom. The lowest BCUT2D eigenvalue weighted by atomic mass is 9.88. The predicted molar refractivity (Wildman–Crippen MR) is 124 cm³/mol. The molecule has 11 heteroatoms. The quantitative estimate of drug-likeness (QED) is 0.268. The van der Waals surface area contributed by atoms with Gasteiger partial charge in [0.2, 0.25) is 0 Å². The summed E-state index contributed by atoms with van der Waals surface area (Å²) in [6.07, 6.45) is -6.30. The minimum absolute atomic E-state index is 0.00476. The highest BCUT2D eigenvalue weighted by Gasteiger charge is 2.40. The van der Waals surface area contributed by atoms with E-state index in [4.69, 9.17) is 4.74 Å². The molecular formula is C28H23F9O2. The van der Waals surface area contributed by atoms with E-state index in [0.29, 0.717) is 6.42 Å². The zero-order chi connectivity index (χ0) is 28.5. The van der Waals surface area contributed by atoms with E-state index in [1.807, 2.05) is 6.92 Å². The number of alkyl halides is 5. The fourth-order valence-corrected chi connectivity index (χ4v) is 4.63. The fourth-order valence-electron chi connectivity index (χ4n) is 4.63. The van der Waals surface area contributed by atoms with Gasteiger partial charge in [-0.2, -0.15) is 22.0 Å². The fraction of sp³-hybridized carbons (Fsp3) is 0.357. The molecule has 3 aromatic carbocycles. The van der Waals surface area contributed by atoms with Crippen LogP contribution in [0, 0.1) is 23.3 Å². The SMILES string of the molecule is CCCC1CCC(c2ccc(-c3ccc(C(F)(F)Oc4cc(F)c(C(F)(F)F)c(F)c4)cc3)c(F)c2F)CO1. The Morgan fingerprint density at radius 3 is 2.03 bits per heavy atom. The third-order valence-corrected chi connectivity index (χ3v) is 6.61. The number of hydrogen-bond acceptors (Lipinski definition) is 2. The Kier molecular flexibility index (Phi) is 8.20. The molecule has 1 aliphatic rings. The second kappa shape index (κ2) is 11.1. The monoisotopic (exact) mass is 562 g/mol. The van der Waals surface area contributed by atoms with Crippen LogP contribution < -0.4 is 4.74 Å². The van der Waals surface area contributed by atoms with Gasteiger partial charge in [0.25, 0.3) is 0 Å². The molecule has 1 fully saturated rings. The number of rotatable bonds is 7. The highest BCUT2D eigenvalue weighted by molar-refractivity contribution is 5.65. The van der Waals surface area contributed by atoms with Crippen molar-refractivity contribution in [2.45, 2.75) is 56.9 Å². The lowest BCUT2D eigenvalue weighted by Gasteiger charge is -2.29. The third kappa shape index (κ3) is 6.18. The second-order valence-corrected chi connectivity index (χ2v) is 9.30. The average Bonchev–Trinajstić information content (AvgIpc) is 2.85. The standard InChI is InChI=1S/C28H23F9O2/c1-2-3-18-9-6-16(14-38-18)21-11-10-20(25(31)26(21)32)15-4-7-17(8-5-15)28(36,37)39-19-12-22(29)24(23(30)13-19)27(33,34)35/h4-5,7-8,10-13,16,18H,2-3,6,9,14H2,1H3. The molecule has 0 N–H and O–H groups in total. The van der Waals surface area contributed by atoms with E-state index in [-0.39, 0.29) is 47.5 Å². The molecule has 1 heterocycles. The van der Waals surface area contributed by atoms with E-state index in [9.17, 15) is 39.5 Å². The van der Waals surface area contributed by atoms with Crippen molar-refractivity contribution in [1.82, 2.24) is 0 Å². The van der Waals surface area contributed by atoms with E-state index >= 15 is 0 Å². The van der Waals surface area contributed by atoms with Gasteiger partial charge in [-0.15, -0.1) is 0 Å². The van der Waals surface area contributed by atoms with Crippen LogP contribution in [0.5, 0.6) is 5.75 Å². The largest absolute Gasteiger partial charge is 0.429 e. The molecule has 1 saturated heterocycles. The van der Waals surface area contributed by atoms with Crippen LogP contribution in [-0.4, -0.2) is 12.7 Å².